The molecule has 0 radical (unpaired) electrons. The van der Waals surface area contributed by atoms with Crippen molar-refractivity contribution < 1.29 is 13.9 Å². The summed E-state index contributed by atoms with van der Waals surface area (Å²) in [7, 11) is 0. The molecule has 21 heavy (non-hydrogen) atoms. The summed E-state index contributed by atoms with van der Waals surface area (Å²) in [5.74, 6) is -0.893. The Balaban J connectivity index is 1.73. The van der Waals surface area contributed by atoms with Crippen molar-refractivity contribution in [3.63, 3.8) is 0 Å². The summed E-state index contributed by atoms with van der Waals surface area (Å²) < 4.78 is 19.1. The summed E-state index contributed by atoms with van der Waals surface area (Å²) in [5.41, 5.74) is 2.02. The maximum Gasteiger partial charge on any atom is 0.178 e. The van der Waals surface area contributed by atoms with Gasteiger partial charge in [-0.25, -0.2) is 9.40 Å². The highest BCUT2D eigenvalue weighted by molar-refractivity contribution is 6.13. The van der Waals surface area contributed by atoms with Crippen molar-refractivity contribution in [3.8, 4) is 0 Å². The SMILES string of the molecule is O=C1c2cc(F)ccc2C=C2C1C=NN2C1CCCCO1. The zero-order chi connectivity index (χ0) is 14.4. The number of benzene rings is 1. The zero-order valence-corrected chi connectivity index (χ0v) is 11.5. The molecule has 0 saturated carbocycles. The predicted octanol–water partition coefficient (Wildman–Crippen LogP) is 2.81. The van der Waals surface area contributed by atoms with Crippen molar-refractivity contribution in [3.05, 3.63) is 40.8 Å². The Morgan fingerprint density at radius 1 is 1.33 bits per heavy atom. The molecular formula is C16H15FN2O2. The molecule has 0 spiro atoms. The van der Waals surface area contributed by atoms with Gasteiger partial charge in [-0.2, -0.15) is 5.10 Å². The number of ether oxygens (including phenoxy) is 1. The lowest BCUT2D eigenvalue weighted by Gasteiger charge is -2.32. The first kappa shape index (κ1) is 12.7. The van der Waals surface area contributed by atoms with Crippen LogP contribution in [0.25, 0.3) is 6.08 Å². The molecule has 5 heteroatoms. The van der Waals surface area contributed by atoms with Gasteiger partial charge < -0.3 is 4.74 Å². The summed E-state index contributed by atoms with van der Waals surface area (Å²) in [6, 6.07) is 4.32. The van der Waals surface area contributed by atoms with Crippen LogP contribution in [0.15, 0.2) is 29.0 Å². The van der Waals surface area contributed by atoms with Crippen LogP contribution in [-0.2, 0) is 4.74 Å². The van der Waals surface area contributed by atoms with Crippen molar-refractivity contribution in [2.45, 2.75) is 25.5 Å². The molecule has 1 fully saturated rings. The number of halogens is 1. The molecule has 2 unspecified atom stereocenters. The number of Topliss-reactive ketones (excluding diaryl/α,β-unsaturated/α-hetero) is 1. The third-order valence-electron chi connectivity index (χ3n) is 4.22. The Kier molecular flexibility index (Phi) is 2.89. The topological polar surface area (TPSA) is 41.9 Å². The number of allylic oxidation sites excluding steroid dienone is 1. The van der Waals surface area contributed by atoms with Crippen molar-refractivity contribution in [2.75, 3.05) is 6.61 Å². The Morgan fingerprint density at radius 3 is 3.05 bits per heavy atom. The standard InChI is InChI=1S/C16H15FN2O2/c17-11-5-4-10-7-14-13(16(20)12(10)8-11)9-18-19(14)15-3-1-2-6-21-15/h4-5,7-9,13,15H,1-3,6H2. The quantitative estimate of drug-likeness (QED) is 0.797. The maximum absolute atomic E-state index is 13.3. The third kappa shape index (κ3) is 2.00. The molecular weight excluding hydrogens is 271 g/mol. The van der Waals surface area contributed by atoms with E-state index in [0.29, 0.717) is 5.56 Å². The molecule has 1 aliphatic carbocycles. The van der Waals surface area contributed by atoms with Gasteiger partial charge in [0.2, 0.25) is 0 Å². The van der Waals surface area contributed by atoms with Crippen LogP contribution < -0.4 is 0 Å². The Bertz CT molecular complexity index is 662. The first-order chi connectivity index (χ1) is 10.2. The summed E-state index contributed by atoms with van der Waals surface area (Å²) in [4.78, 5) is 12.5. The third-order valence-corrected chi connectivity index (χ3v) is 4.22. The van der Waals surface area contributed by atoms with E-state index in [0.717, 1.165) is 37.1 Å². The summed E-state index contributed by atoms with van der Waals surface area (Å²) in [6.45, 7) is 0.727. The van der Waals surface area contributed by atoms with E-state index in [1.54, 1.807) is 12.3 Å². The number of hydrogen-bond donors (Lipinski definition) is 0. The average Bonchev–Trinajstić information content (AvgIpc) is 2.93. The molecule has 2 atom stereocenters. The summed E-state index contributed by atoms with van der Waals surface area (Å²) in [6.07, 6.45) is 6.54. The van der Waals surface area contributed by atoms with Crippen molar-refractivity contribution in [1.29, 1.82) is 0 Å². The first-order valence-electron chi connectivity index (χ1n) is 7.24. The van der Waals surface area contributed by atoms with E-state index in [1.807, 2.05) is 11.1 Å². The molecule has 1 aromatic rings. The minimum atomic E-state index is -0.412. The molecule has 3 aliphatic rings. The molecule has 2 aliphatic heterocycles. The molecule has 2 heterocycles. The van der Waals surface area contributed by atoms with Crippen molar-refractivity contribution >= 4 is 18.1 Å². The molecule has 0 amide bonds. The Labute approximate surface area is 121 Å². The second-order valence-electron chi connectivity index (χ2n) is 5.57. The fourth-order valence-corrected chi connectivity index (χ4v) is 3.13. The molecule has 0 bridgehead atoms. The van der Waals surface area contributed by atoms with Crippen LogP contribution in [-0.4, -0.2) is 29.8 Å². The second-order valence-corrected chi connectivity index (χ2v) is 5.57. The van der Waals surface area contributed by atoms with Crippen LogP contribution in [0.4, 0.5) is 4.39 Å². The second kappa shape index (κ2) is 4.77. The smallest absolute Gasteiger partial charge is 0.178 e. The van der Waals surface area contributed by atoms with E-state index < -0.39 is 5.92 Å². The van der Waals surface area contributed by atoms with Gasteiger partial charge in [-0.15, -0.1) is 0 Å². The molecule has 1 aromatic carbocycles. The lowest BCUT2D eigenvalue weighted by Crippen LogP contribution is -2.36. The van der Waals surface area contributed by atoms with Crippen LogP contribution in [0.3, 0.4) is 0 Å². The van der Waals surface area contributed by atoms with E-state index in [-0.39, 0.29) is 17.8 Å². The number of hydrogen-bond acceptors (Lipinski definition) is 4. The number of fused-ring (bicyclic) bond motifs is 2. The predicted molar refractivity (Wildman–Crippen MR) is 76.1 cm³/mol. The average molecular weight is 286 g/mol. The van der Waals surface area contributed by atoms with E-state index in [1.165, 1.54) is 12.1 Å². The van der Waals surface area contributed by atoms with Gasteiger partial charge in [0.15, 0.2) is 5.78 Å². The summed E-state index contributed by atoms with van der Waals surface area (Å²) >= 11 is 0. The van der Waals surface area contributed by atoms with Crippen LogP contribution in [0.5, 0.6) is 0 Å². The number of rotatable bonds is 1. The van der Waals surface area contributed by atoms with Gasteiger partial charge in [0.1, 0.15) is 18.0 Å². The number of carbonyl (C=O) groups excluding carboxylic acids is 1. The van der Waals surface area contributed by atoms with Gasteiger partial charge in [0.25, 0.3) is 0 Å². The normalized spacial score (nSPS) is 27.4. The first-order valence-corrected chi connectivity index (χ1v) is 7.24. The van der Waals surface area contributed by atoms with Gasteiger partial charge >= 0.3 is 0 Å². The highest BCUT2D eigenvalue weighted by Crippen LogP contribution is 2.36. The highest BCUT2D eigenvalue weighted by Gasteiger charge is 2.38. The maximum atomic E-state index is 13.3. The van der Waals surface area contributed by atoms with Gasteiger partial charge in [-0.1, -0.05) is 6.07 Å². The molecule has 4 nitrogen and oxygen atoms in total. The Morgan fingerprint density at radius 2 is 2.24 bits per heavy atom. The number of nitrogens with zero attached hydrogens (tertiary/aromatic N) is 2. The largest absolute Gasteiger partial charge is 0.357 e. The lowest BCUT2D eigenvalue weighted by atomic mass is 9.86. The summed E-state index contributed by atoms with van der Waals surface area (Å²) in [5, 5.41) is 6.17. The minimum Gasteiger partial charge on any atom is -0.357 e. The van der Waals surface area contributed by atoms with E-state index in [4.69, 9.17) is 4.74 Å². The van der Waals surface area contributed by atoms with E-state index in [9.17, 15) is 9.18 Å². The van der Waals surface area contributed by atoms with Crippen LogP contribution >= 0.6 is 0 Å². The van der Waals surface area contributed by atoms with Crippen LogP contribution in [0, 0.1) is 11.7 Å². The molecule has 4 rings (SSSR count). The number of ketones is 1. The number of carbonyl (C=O) groups is 1. The van der Waals surface area contributed by atoms with Gasteiger partial charge in [-0.05, 0) is 43.0 Å². The van der Waals surface area contributed by atoms with Gasteiger partial charge in [-0.3, -0.25) is 4.79 Å². The van der Waals surface area contributed by atoms with Crippen LogP contribution in [0.2, 0.25) is 0 Å². The zero-order valence-electron chi connectivity index (χ0n) is 11.5. The van der Waals surface area contributed by atoms with Gasteiger partial charge in [0, 0.05) is 18.4 Å². The van der Waals surface area contributed by atoms with Crippen LogP contribution in [0.1, 0.15) is 35.2 Å². The fourth-order valence-electron chi connectivity index (χ4n) is 3.13. The van der Waals surface area contributed by atoms with E-state index >= 15 is 0 Å². The molecule has 1 saturated heterocycles. The lowest BCUT2D eigenvalue weighted by molar-refractivity contribution is -0.0688. The molecule has 0 aromatic heterocycles. The van der Waals surface area contributed by atoms with E-state index in [2.05, 4.69) is 5.10 Å². The monoisotopic (exact) mass is 286 g/mol. The molecule has 0 N–H and O–H groups in total. The Hall–Kier alpha value is -2.01. The number of hydrazone groups is 1. The van der Waals surface area contributed by atoms with Crippen molar-refractivity contribution in [2.24, 2.45) is 11.0 Å². The van der Waals surface area contributed by atoms with Crippen molar-refractivity contribution in [1.82, 2.24) is 5.01 Å². The fraction of sp³-hybridized carbons (Fsp3) is 0.375. The highest BCUT2D eigenvalue weighted by atomic mass is 19.1. The minimum absolute atomic E-state index is 0.0935. The van der Waals surface area contributed by atoms with Gasteiger partial charge in [0.05, 0.1) is 5.70 Å². The molecule has 108 valence electrons.